The zero-order valence-corrected chi connectivity index (χ0v) is 9.93. The summed E-state index contributed by atoms with van der Waals surface area (Å²) in [5.74, 6) is 0.643. The fraction of sp³-hybridized carbons (Fsp3) is 0.538. The smallest absolute Gasteiger partial charge is 0.0440 e. The van der Waals surface area contributed by atoms with Gasteiger partial charge in [-0.1, -0.05) is 36.2 Å². The Kier molecular flexibility index (Phi) is 3.66. The van der Waals surface area contributed by atoms with Crippen LogP contribution in [0.1, 0.15) is 37.2 Å². The fourth-order valence-corrected chi connectivity index (χ4v) is 2.83. The first kappa shape index (κ1) is 11.0. The van der Waals surface area contributed by atoms with Gasteiger partial charge < -0.3 is 5.32 Å². The molecule has 1 aromatic rings. The van der Waals surface area contributed by atoms with Crippen molar-refractivity contribution < 1.29 is 0 Å². The average molecular weight is 224 g/mol. The Morgan fingerprint density at radius 3 is 2.80 bits per heavy atom. The van der Waals surface area contributed by atoms with Crippen molar-refractivity contribution in [1.82, 2.24) is 5.32 Å². The third-order valence-electron chi connectivity index (χ3n) is 3.43. The average Bonchev–Trinajstić information content (AvgIpc) is 2.30. The SMILES string of the molecule is CNC1CCCC(c2ccccc2Cl)C1. The van der Waals surface area contributed by atoms with Crippen LogP contribution in [0.25, 0.3) is 0 Å². The molecule has 2 rings (SSSR count). The van der Waals surface area contributed by atoms with Gasteiger partial charge in [-0.15, -0.1) is 0 Å². The van der Waals surface area contributed by atoms with Crippen LogP contribution < -0.4 is 5.32 Å². The van der Waals surface area contributed by atoms with E-state index in [9.17, 15) is 0 Å². The number of benzene rings is 1. The van der Waals surface area contributed by atoms with Crippen molar-refractivity contribution in [2.45, 2.75) is 37.6 Å². The molecule has 15 heavy (non-hydrogen) atoms. The Labute approximate surface area is 96.8 Å². The van der Waals surface area contributed by atoms with Crippen LogP contribution in [-0.4, -0.2) is 13.1 Å². The summed E-state index contributed by atoms with van der Waals surface area (Å²) in [5.41, 5.74) is 1.33. The molecule has 2 heteroatoms. The maximum absolute atomic E-state index is 6.23. The van der Waals surface area contributed by atoms with E-state index in [1.165, 1.54) is 31.2 Å². The van der Waals surface area contributed by atoms with Crippen LogP contribution in [-0.2, 0) is 0 Å². The first-order valence-corrected chi connectivity index (χ1v) is 6.10. The summed E-state index contributed by atoms with van der Waals surface area (Å²) in [4.78, 5) is 0. The lowest BCUT2D eigenvalue weighted by Gasteiger charge is -2.29. The van der Waals surface area contributed by atoms with E-state index >= 15 is 0 Å². The van der Waals surface area contributed by atoms with Gasteiger partial charge in [-0.2, -0.15) is 0 Å². The second-order valence-electron chi connectivity index (χ2n) is 4.37. The monoisotopic (exact) mass is 223 g/mol. The lowest BCUT2D eigenvalue weighted by molar-refractivity contribution is 0.355. The molecule has 1 aliphatic rings. The van der Waals surface area contributed by atoms with E-state index in [4.69, 9.17) is 11.6 Å². The van der Waals surface area contributed by atoms with Crippen LogP contribution >= 0.6 is 11.6 Å². The Bertz CT molecular complexity index is 324. The van der Waals surface area contributed by atoms with Crippen molar-refractivity contribution in [3.05, 3.63) is 34.9 Å². The molecule has 1 N–H and O–H groups in total. The van der Waals surface area contributed by atoms with Crippen molar-refractivity contribution in [2.24, 2.45) is 0 Å². The van der Waals surface area contributed by atoms with Gasteiger partial charge in [-0.25, -0.2) is 0 Å². The Hall–Kier alpha value is -0.530. The van der Waals surface area contributed by atoms with E-state index in [1.54, 1.807) is 0 Å². The largest absolute Gasteiger partial charge is 0.317 e. The van der Waals surface area contributed by atoms with Gasteiger partial charge >= 0.3 is 0 Å². The van der Waals surface area contributed by atoms with E-state index < -0.39 is 0 Å². The molecule has 1 aromatic carbocycles. The third kappa shape index (κ3) is 2.53. The molecule has 1 fully saturated rings. The molecule has 0 spiro atoms. The van der Waals surface area contributed by atoms with E-state index in [1.807, 2.05) is 12.1 Å². The maximum atomic E-state index is 6.23. The van der Waals surface area contributed by atoms with Gasteiger partial charge in [0.2, 0.25) is 0 Å². The molecule has 2 atom stereocenters. The van der Waals surface area contributed by atoms with Gasteiger partial charge in [0.25, 0.3) is 0 Å². The number of hydrogen-bond acceptors (Lipinski definition) is 1. The Morgan fingerprint density at radius 2 is 2.07 bits per heavy atom. The predicted octanol–water partition coefficient (Wildman–Crippen LogP) is 3.59. The summed E-state index contributed by atoms with van der Waals surface area (Å²) >= 11 is 6.23. The zero-order valence-electron chi connectivity index (χ0n) is 9.17. The van der Waals surface area contributed by atoms with E-state index in [-0.39, 0.29) is 0 Å². The molecule has 0 amide bonds. The topological polar surface area (TPSA) is 12.0 Å². The van der Waals surface area contributed by atoms with Gasteiger partial charge in [0.1, 0.15) is 0 Å². The normalized spacial score (nSPS) is 26.5. The Balaban J connectivity index is 2.13. The first-order chi connectivity index (χ1) is 7.31. The van der Waals surface area contributed by atoms with Gasteiger partial charge in [0.05, 0.1) is 0 Å². The lowest BCUT2D eigenvalue weighted by Crippen LogP contribution is -2.30. The van der Waals surface area contributed by atoms with Crippen LogP contribution in [0.15, 0.2) is 24.3 Å². The van der Waals surface area contributed by atoms with Crippen LogP contribution in [0, 0.1) is 0 Å². The standard InChI is InChI=1S/C13H18ClN/c1-15-11-6-4-5-10(9-11)12-7-2-3-8-13(12)14/h2-3,7-8,10-11,15H,4-6,9H2,1H3. The molecule has 0 aromatic heterocycles. The molecule has 2 unspecified atom stereocenters. The van der Waals surface area contributed by atoms with Crippen LogP contribution in [0.2, 0.25) is 5.02 Å². The number of rotatable bonds is 2. The molecule has 82 valence electrons. The molecule has 0 radical (unpaired) electrons. The molecule has 0 heterocycles. The van der Waals surface area contributed by atoms with Crippen molar-refractivity contribution in [3.8, 4) is 0 Å². The van der Waals surface area contributed by atoms with Crippen LogP contribution in [0.3, 0.4) is 0 Å². The summed E-state index contributed by atoms with van der Waals surface area (Å²) in [7, 11) is 2.06. The quantitative estimate of drug-likeness (QED) is 0.808. The molecule has 1 aliphatic carbocycles. The minimum absolute atomic E-state index is 0.643. The molecular formula is C13H18ClN. The van der Waals surface area contributed by atoms with Crippen molar-refractivity contribution in [1.29, 1.82) is 0 Å². The second-order valence-corrected chi connectivity index (χ2v) is 4.78. The maximum Gasteiger partial charge on any atom is 0.0440 e. The molecule has 0 aliphatic heterocycles. The highest BCUT2D eigenvalue weighted by atomic mass is 35.5. The zero-order chi connectivity index (χ0) is 10.7. The summed E-state index contributed by atoms with van der Waals surface area (Å²) in [5, 5.41) is 4.31. The third-order valence-corrected chi connectivity index (χ3v) is 3.77. The molecule has 1 nitrogen and oxygen atoms in total. The molecule has 0 saturated heterocycles. The highest BCUT2D eigenvalue weighted by molar-refractivity contribution is 6.31. The minimum atomic E-state index is 0.643. The highest BCUT2D eigenvalue weighted by Gasteiger charge is 2.23. The molecular weight excluding hydrogens is 206 g/mol. The molecule has 1 saturated carbocycles. The predicted molar refractivity (Wildman–Crippen MR) is 65.5 cm³/mol. The van der Waals surface area contributed by atoms with Crippen molar-refractivity contribution >= 4 is 11.6 Å². The molecule has 0 bridgehead atoms. The van der Waals surface area contributed by atoms with Gasteiger partial charge in [0.15, 0.2) is 0 Å². The van der Waals surface area contributed by atoms with Crippen LogP contribution in [0.5, 0.6) is 0 Å². The minimum Gasteiger partial charge on any atom is -0.317 e. The number of hydrogen-bond donors (Lipinski definition) is 1. The van der Waals surface area contributed by atoms with Crippen LogP contribution in [0.4, 0.5) is 0 Å². The summed E-state index contributed by atoms with van der Waals surface area (Å²) < 4.78 is 0. The van der Waals surface area contributed by atoms with Crippen molar-refractivity contribution in [2.75, 3.05) is 7.05 Å². The van der Waals surface area contributed by atoms with Gasteiger partial charge in [-0.05, 0) is 43.9 Å². The summed E-state index contributed by atoms with van der Waals surface area (Å²) in [6, 6.07) is 8.93. The number of halogens is 1. The van der Waals surface area contributed by atoms with E-state index in [0.717, 1.165) is 5.02 Å². The van der Waals surface area contributed by atoms with E-state index in [0.29, 0.717) is 12.0 Å². The highest BCUT2D eigenvalue weighted by Crippen LogP contribution is 2.36. The first-order valence-electron chi connectivity index (χ1n) is 5.73. The van der Waals surface area contributed by atoms with Gasteiger partial charge in [0, 0.05) is 11.1 Å². The van der Waals surface area contributed by atoms with Gasteiger partial charge in [-0.3, -0.25) is 0 Å². The van der Waals surface area contributed by atoms with Crippen molar-refractivity contribution in [3.63, 3.8) is 0 Å². The summed E-state index contributed by atoms with van der Waals surface area (Å²) in [6.45, 7) is 0. The lowest BCUT2D eigenvalue weighted by atomic mass is 9.81. The summed E-state index contributed by atoms with van der Waals surface area (Å²) in [6.07, 6.45) is 5.11. The second kappa shape index (κ2) is 5.00. The fourth-order valence-electron chi connectivity index (χ4n) is 2.54. The Morgan fingerprint density at radius 1 is 1.27 bits per heavy atom. The number of nitrogens with one attached hydrogen (secondary N) is 1. The van der Waals surface area contributed by atoms with E-state index in [2.05, 4.69) is 24.5 Å².